The van der Waals surface area contributed by atoms with E-state index in [0.717, 1.165) is 5.56 Å². The van der Waals surface area contributed by atoms with E-state index in [1.54, 1.807) is 6.07 Å². The van der Waals surface area contributed by atoms with E-state index in [2.05, 4.69) is 22.6 Å². The quantitative estimate of drug-likeness (QED) is 0.824. The molecule has 0 bridgehead atoms. The van der Waals surface area contributed by atoms with Crippen LogP contribution < -0.4 is 10.5 Å². The molecule has 0 amide bonds. The van der Waals surface area contributed by atoms with E-state index in [4.69, 9.17) is 10.5 Å². The zero-order valence-electron chi connectivity index (χ0n) is 10.6. The lowest BCUT2D eigenvalue weighted by Crippen LogP contribution is -2.08. The van der Waals surface area contributed by atoms with Crippen molar-refractivity contribution in [1.29, 1.82) is 0 Å². The lowest BCUT2D eigenvalue weighted by Gasteiger charge is -2.14. The fourth-order valence-electron chi connectivity index (χ4n) is 1.75. The minimum absolute atomic E-state index is 0.262. The molecule has 0 aromatic heterocycles. The Bertz CT molecular complexity index is 555. The fraction of sp³-hybridized carbons (Fsp3) is 0.200. The number of halogens is 2. The first kappa shape index (κ1) is 14.3. The van der Waals surface area contributed by atoms with Gasteiger partial charge in [0.15, 0.2) is 0 Å². The summed E-state index contributed by atoms with van der Waals surface area (Å²) in [5.74, 6) is 0.337. The summed E-state index contributed by atoms with van der Waals surface area (Å²) >= 11 is 2.25. The van der Waals surface area contributed by atoms with Crippen LogP contribution >= 0.6 is 22.6 Å². The molecule has 0 saturated heterocycles. The first-order valence-corrected chi connectivity index (χ1v) is 7.06. The van der Waals surface area contributed by atoms with E-state index in [1.165, 1.54) is 15.7 Å². The molecule has 0 aliphatic heterocycles. The maximum atomic E-state index is 13.2. The number of benzene rings is 2. The second-order valence-electron chi connectivity index (χ2n) is 4.39. The molecular weight excluding hydrogens is 356 g/mol. The number of nitrogens with two attached hydrogens (primary N) is 1. The van der Waals surface area contributed by atoms with Crippen LogP contribution in [-0.2, 0) is 6.61 Å². The predicted molar refractivity (Wildman–Crippen MR) is 82.5 cm³/mol. The van der Waals surface area contributed by atoms with Gasteiger partial charge in [-0.2, -0.15) is 0 Å². The van der Waals surface area contributed by atoms with Crippen LogP contribution in [-0.4, -0.2) is 0 Å². The van der Waals surface area contributed by atoms with Gasteiger partial charge in [-0.15, -0.1) is 0 Å². The topological polar surface area (TPSA) is 35.2 Å². The summed E-state index contributed by atoms with van der Waals surface area (Å²) in [5, 5.41) is 0. The standard InChI is InChI=1S/C15H15FINO/c1-10(18)14-8-12(16)4-7-15(14)19-9-11-2-5-13(17)6-3-11/h2-8,10H,9,18H2,1H3/t10-/m1/s1. The van der Waals surface area contributed by atoms with Gasteiger partial charge in [0.05, 0.1) is 0 Å². The summed E-state index contributed by atoms with van der Waals surface area (Å²) in [6, 6.07) is 12.2. The van der Waals surface area contributed by atoms with Gasteiger partial charge >= 0.3 is 0 Å². The maximum absolute atomic E-state index is 13.2. The third-order valence-corrected chi connectivity index (χ3v) is 3.49. The summed E-state index contributed by atoms with van der Waals surface area (Å²) in [6.07, 6.45) is 0. The lowest BCUT2D eigenvalue weighted by atomic mass is 10.1. The summed E-state index contributed by atoms with van der Waals surface area (Å²) in [6.45, 7) is 2.26. The van der Waals surface area contributed by atoms with Crippen molar-refractivity contribution in [2.24, 2.45) is 5.73 Å². The van der Waals surface area contributed by atoms with E-state index in [9.17, 15) is 4.39 Å². The highest BCUT2D eigenvalue weighted by atomic mass is 127. The van der Waals surface area contributed by atoms with Crippen LogP contribution in [0.1, 0.15) is 24.1 Å². The fourth-order valence-corrected chi connectivity index (χ4v) is 2.11. The van der Waals surface area contributed by atoms with Crippen LogP contribution in [0.3, 0.4) is 0 Å². The first-order chi connectivity index (χ1) is 9.06. The van der Waals surface area contributed by atoms with Crippen molar-refractivity contribution in [3.05, 3.63) is 63.0 Å². The number of hydrogen-bond acceptors (Lipinski definition) is 2. The van der Waals surface area contributed by atoms with Crippen LogP contribution in [0.2, 0.25) is 0 Å². The zero-order valence-corrected chi connectivity index (χ0v) is 12.7. The molecule has 0 unspecified atom stereocenters. The Morgan fingerprint density at radius 3 is 2.53 bits per heavy atom. The molecule has 0 fully saturated rings. The molecule has 2 rings (SSSR count). The van der Waals surface area contributed by atoms with Crippen molar-refractivity contribution in [1.82, 2.24) is 0 Å². The van der Waals surface area contributed by atoms with Crippen LogP contribution in [0.15, 0.2) is 42.5 Å². The second kappa shape index (κ2) is 6.34. The predicted octanol–water partition coefficient (Wildman–Crippen LogP) is 4.03. The Hall–Kier alpha value is -1.14. The Morgan fingerprint density at radius 2 is 1.89 bits per heavy atom. The molecule has 2 N–H and O–H groups in total. The van der Waals surface area contributed by atoms with Crippen molar-refractivity contribution in [3.63, 3.8) is 0 Å². The van der Waals surface area contributed by atoms with Crippen LogP contribution in [0.5, 0.6) is 5.75 Å². The van der Waals surface area contributed by atoms with Gasteiger partial charge in [0.25, 0.3) is 0 Å². The highest BCUT2D eigenvalue weighted by Gasteiger charge is 2.09. The molecule has 100 valence electrons. The van der Waals surface area contributed by atoms with Crippen molar-refractivity contribution in [3.8, 4) is 5.75 Å². The first-order valence-electron chi connectivity index (χ1n) is 5.98. The summed E-state index contributed by atoms with van der Waals surface area (Å²) in [4.78, 5) is 0. The van der Waals surface area contributed by atoms with Gasteiger partial charge in [-0.1, -0.05) is 12.1 Å². The van der Waals surface area contributed by atoms with Gasteiger partial charge in [-0.3, -0.25) is 0 Å². The molecule has 19 heavy (non-hydrogen) atoms. The van der Waals surface area contributed by atoms with Crippen molar-refractivity contribution in [2.75, 3.05) is 0 Å². The van der Waals surface area contributed by atoms with Crippen molar-refractivity contribution in [2.45, 2.75) is 19.6 Å². The molecule has 2 aromatic carbocycles. The molecule has 2 nitrogen and oxygen atoms in total. The lowest BCUT2D eigenvalue weighted by molar-refractivity contribution is 0.301. The Balaban J connectivity index is 2.13. The molecule has 0 saturated carbocycles. The third kappa shape index (κ3) is 3.91. The van der Waals surface area contributed by atoms with Gasteiger partial charge < -0.3 is 10.5 Å². The van der Waals surface area contributed by atoms with Gasteiger partial charge in [0, 0.05) is 15.2 Å². The molecule has 1 atom stereocenters. The molecule has 0 heterocycles. The van der Waals surface area contributed by atoms with Crippen LogP contribution in [0.25, 0.3) is 0 Å². The molecule has 0 spiro atoms. The molecule has 0 aliphatic rings. The molecule has 0 aliphatic carbocycles. The average molecular weight is 371 g/mol. The molecule has 4 heteroatoms. The van der Waals surface area contributed by atoms with E-state index in [1.807, 2.05) is 31.2 Å². The van der Waals surface area contributed by atoms with Crippen LogP contribution in [0.4, 0.5) is 4.39 Å². The van der Waals surface area contributed by atoms with Gasteiger partial charge in [0.2, 0.25) is 0 Å². The second-order valence-corrected chi connectivity index (χ2v) is 5.63. The summed E-state index contributed by atoms with van der Waals surface area (Å²) in [5.41, 5.74) is 7.58. The highest BCUT2D eigenvalue weighted by Crippen LogP contribution is 2.25. The normalized spacial score (nSPS) is 12.2. The smallest absolute Gasteiger partial charge is 0.124 e. The number of hydrogen-bond donors (Lipinski definition) is 1. The minimum Gasteiger partial charge on any atom is -0.489 e. The Morgan fingerprint density at radius 1 is 1.21 bits per heavy atom. The molecular formula is C15H15FINO. The van der Waals surface area contributed by atoms with Gasteiger partial charge in [-0.25, -0.2) is 4.39 Å². The SMILES string of the molecule is C[C@@H](N)c1cc(F)ccc1OCc1ccc(I)cc1. The van der Waals surface area contributed by atoms with Crippen molar-refractivity contribution >= 4 is 22.6 Å². The zero-order chi connectivity index (χ0) is 13.8. The Kier molecular flexibility index (Phi) is 4.76. The van der Waals surface area contributed by atoms with E-state index in [-0.39, 0.29) is 11.9 Å². The molecule has 2 aromatic rings. The third-order valence-electron chi connectivity index (χ3n) is 2.77. The monoisotopic (exact) mass is 371 g/mol. The Labute approximate surface area is 125 Å². The van der Waals surface area contributed by atoms with Crippen molar-refractivity contribution < 1.29 is 9.13 Å². The minimum atomic E-state index is -0.297. The van der Waals surface area contributed by atoms with E-state index in [0.29, 0.717) is 17.9 Å². The largest absolute Gasteiger partial charge is 0.489 e. The summed E-state index contributed by atoms with van der Waals surface area (Å²) < 4.78 is 20.1. The van der Waals surface area contributed by atoms with E-state index >= 15 is 0 Å². The highest BCUT2D eigenvalue weighted by molar-refractivity contribution is 14.1. The number of ether oxygens (including phenoxy) is 1. The van der Waals surface area contributed by atoms with Crippen LogP contribution in [0, 0.1) is 9.39 Å². The summed E-state index contributed by atoms with van der Waals surface area (Å²) in [7, 11) is 0. The van der Waals surface area contributed by atoms with Gasteiger partial charge in [0.1, 0.15) is 18.2 Å². The van der Waals surface area contributed by atoms with Gasteiger partial charge in [-0.05, 0) is 65.4 Å². The molecule has 0 radical (unpaired) electrons. The van der Waals surface area contributed by atoms with E-state index < -0.39 is 0 Å². The average Bonchev–Trinajstić information content (AvgIpc) is 2.39. The maximum Gasteiger partial charge on any atom is 0.124 e. The number of rotatable bonds is 4.